The van der Waals surface area contributed by atoms with E-state index in [9.17, 15) is 8.42 Å². The van der Waals surface area contributed by atoms with Gasteiger partial charge >= 0.3 is 0 Å². The SMILES string of the molecule is Cc1c(C)c(C)c(S(=O)(=O)[N-]c2cccc(-c3nn[nH]n3)c2)c(C)c1C. The minimum Gasteiger partial charge on any atom is -0.573 e. The largest absolute Gasteiger partial charge is 0.573 e. The summed E-state index contributed by atoms with van der Waals surface area (Å²) in [4.78, 5) is 0.281. The first-order chi connectivity index (χ1) is 12.2. The molecular formula is C18H20N5O2S-. The van der Waals surface area contributed by atoms with Gasteiger partial charge in [-0.05, 0) is 67.6 Å². The maximum absolute atomic E-state index is 13.0. The molecule has 0 spiro atoms. The first-order valence-corrected chi connectivity index (χ1v) is 9.55. The van der Waals surface area contributed by atoms with Crippen LogP contribution in [-0.2, 0) is 10.0 Å². The third kappa shape index (κ3) is 3.08. The zero-order chi connectivity index (χ0) is 19.1. The van der Waals surface area contributed by atoms with Crippen LogP contribution in [0.25, 0.3) is 16.1 Å². The van der Waals surface area contributed by atoms with Gasteiger partial charge in [-0.3, -0.25) is 0 Å². The number of rotatable bonds is 4. The van der Waals surface area contributed by atoms with Crippen molar-refractivity contribution in [2.45, 2.75) is 39.5 Å². The molecule has 2 aromatic carbocycles. The van der Waals surface area contributed by atoms with Gasteiger partial charge in [0, 0.05) is 5.56 Å². The number of hydrogen-bond donors (Lipinski definition) is 1. The van der Waals surface area contributed by atoms with Crippen LogP contribution in [0, 0.1) is 34.6 Å². The predicted octanol–water partition coefficient (Wildman–Crippen LogP) is 3.80. The lowest BCUT2D eigenvalue weighted by molar-refractivity contribution is 0.602. The first-order valence-electron chi connectivity index (χ1n) is 8.11. The Bertz CT molecular complexity index is 1040. The molecule has 0 bridgehead atoms. The molecule has 0 atom stereocenters. The van der Waals surface area contributed by atoms with Crippen molar-refractivity contribution in [3.05, 3.63) is 56.8 Å². The van der Waals surface area contributed by atoms with Crippen molar-refractivity contribution in [1.29, 1.82) is 0 Å². The molecule has 8 heteroatoms. The monoisotopic (exact) mass is 370 g/mol. The van der Waals surface area contributed by atoms with E-state index in [-0.39, 0.29) is 4.90 Å². The van der Waals surface area contributed by atoms with Crippen LogP contribution in [0.1, 0.15) is 27.8 Å². The summed E-state index contributed by atoms with van der Waals surface area (Å²) in [5, 5.41) is 13.7. The van der Waals surface area contributed by atoms with Crippen LogP contribution < -0.4 is 0 Å². The van der Waals surface area contributed by atoms with Gasteiger partial charge in [0.05, 0.1) is 4.90 Å². The lowest BCUT2D eigenvalue weighted by atomic mass is 9.95. The summed E-state index contributed by atoms with van der Waals surface area (Å²) in [6.45, 7) is 9.53. The summed E-state index contributed by atoms with van der Waals surface area (Å²) in [5.41, 5.74) is 5.50. The van der Waals surface area contributed by atoms with Crippen LogP contribution in [0.2, 0.25) is 0 Å². The van der Waals surface area contributed by atoms with Crippen LogP contribution in [0.3, 0.4) is 0 Å². The van der Waals surface area contributed by atoms with E-state index in [1.165, 1.54) is 0 Å². The van der Waals surface area contributed by atoms with E-state index in [0.29, 0.717) is 17.1 Å². The van der Waals surface area contributed by atoms with E-state index < -0.39 is 10.0 Å². The molecule has 1 N–H and O–H groups in total. The van der Waals surface area contributed by atoms with Crippen molar-refractivity contribution < 1.29 is 8.42 Å². The minimum absolute atomic E-state index is 0.281. The van der Waals surface area contributed by atoms with Gasteiger partial charge < -0.3 is 4.72 Å². The smallest absolute Gasteiger partial charge is 0.204 e. The highest BCUT2D eigenvalue weighted by atomic mass is 32.2. The van der Waals surface area contributed by atoms with Gasteiger partial charge in [0.1, 0.15) is 10.0 Å². The maximum Gasteiger partial charge on any atom is 0.204 e. The number of benzene rings is 2. The van der Waals surface area contributed by atoms with E-state index in [4.69, 9.17) is 0 Å². The van der Waals surface area contributed by atoms with Crippen molar-refractivity contribution in [1.82, 2.24) is 20.6 Å². The summed E-state index contributed by atoms with van der Waals surface area (Å²) in [6.07, 6.45) is 0. The van der Waals surface area contributed by atoms with Gasteiger partial charge in [-0.25, -0.2) is 8.42 Å². The van der Waals surface area contributed by atoms with Gasteiger partial charge in [-0.2, -0.15) is 5.21 Å². The lowest BCUT2D eigenvalue weighted by Gasteiger charge is -2.27. The summed E-state index contributed by atoms with van der Waals surface area (Å²) < 4.78 is 30.1. The standard InChI is InChI=1S/C18H20N5O2S/c1-10-11(2)13(4)17(14(5)12(10)3)26(24,25)21-16-8-6-7-15(9-16)18-19-22-23-20-18/h6-9H,1-5H3,(H,19,20,22,23)/q-1. The van der Waals surface area contributed by atoms with Gasteiger partial charge in [-0.15, -0.1) is 15.9 Å². The molecule has 1 aromatic heterocycles. The Morgan fingerprint density at radius 1 is 0.923 bits per heavy atom. The third-order valence-corrected chi connectivity index (χ3v) is 6.44. The number of tetrazole rings is 1. The molecule has 0 fully saturated rings. The first kappa shape index (κ1) is 18.1. The molecule has 0 amide bonds. The van der Waals surface area contributed by atoms with Crippen molar-refractivity contribution in [2.75, 3.05) is 0 Å². The number of sulfonamides is 1. The normalized spacial score (nSPS) is 11.6. The average molecular weight is 370 g/mol. The molecular weight excluding hydrogens is 350 g/mol. The molecule has 3 rings (SSSR count). The molecule has 0 aliphatic carbocycles. The Kier molecular flexibility index (Phi) is 4.53. The Morgan fingerprint density at radius 2 is 1.54 bits per heavy atom. The molecule has 136 valence electrons. The van der Waals surface area contributed by atoms with Gasteiger partial charge in [-0.1, -0.05) is 24.3 Å². The van der Waals surface area contributed by atoms with Crippen LogP contribution in [-0.4, -0.2) is 29.0 Å². The van der Waals surface area contributed by atoms with Crippen molar-refractivity contribution in [3.8, 4) is 11.4 Å². The average Bonchev–Trinajstić information content (AvgIpc) is 3.12. The van der Waals surface area contributed by atoms with Crippen LogP contribution in [0.4, 0.5) is 5.69 Å². The molecule has 0 saturated carbocycles. The van der Waals surface area contributed by atoms with E-state index in [0.717, 1.165) is 27.8 Å². The molecule has 1 heterocycles. The lowest BCUT2D eigenvalue weighted by Crippen LogP contribution is -2.08. The van der Waals surface area contributed by atoms with Gasteiger partial charge in [0.25, 0.3) is 0 Å². The van der Waals surface area contributed by atoms with E-state index in [1.807, 2.05) is 34.6 Å². The highest BCUT2D eigenvalue weighted by molar-refractivity contribution is 7.94. The predicted molar refractivity (Wildman–Crippen MR) is 99.9 cm³/mol. The van der Waals surface area contributed by atoms with Crippen LogP contribution in [0.5, 0.6) is 0 Å². The zero-order valence-electron chi connectivity index (χ0n) is 15.3. The van der Waals surface area contributed by atoms with Gasteiger partial charge in [0.2, 0.25) is 5.82 Å². The number of hydrogen-bond acceptors (Lipinski definition) is 5. The molecule has 0 unspecified atom stereocenters. The second-order valence-electron chi connectivity index (χ2n) is 6.31. The third-order valence-electron chi connectivity index (χ3n) is 4.86. The van der Waals surface area contributed by atoms with Crippen molar-refractivity contribution in [3.63, 3.8) is 0 Å². The molecule has 0 radical (unpaired) electrons. The zero-order valence-corrected chi connectivity index (χ0v) is 16.1. The Morgan fingerprint density at radius 3 is 2.12 bits per heavy atom. The quantitative estimate of drug-likeness (QED) is 0.752. The molecule has 0 aliphatic rings. The number of aromatic amines is 1. The van der Waals surface area contributed by atoms with E-state index in [2.05, 4.69) is 25.3 Å². The molecule has 26 heavy (non-hydrogen) atoms. The van der Waals surface area contributed by atoms with E-state index in [1.54, 1.807) is 24.3 Å². The fourth-order valence-corrected chi connectivity index (χ4v) is 4.59. The summed E-state index contributed by atoms with van der Waals surface area (Å²) in [5.74, 6) is 0.383. The van der Waals surface area contributed by atoms with Crippen molar-refractivity contribution in [2.24, 2.45) is 0 Å². The Balaban J connectivity index is 2.05. The summed E-state index contributed by atoms with van der Waals surface area (Å²) >= 11 is 0. The molecule has 0 aliphatic heterocycles. The van der Waals surface area contributed by atoms with Crippen LogP contribution >= 0.6 is 0 Å². The fraction of sp³-hybridized carbons (Fsp3) is 0.278. The Hall–Kier alpha value is -2.74. The Labute approximate surface area is 152 Å². The van der Waals surface area contributed by atoms with E-state index >= 15 is 0 Å². The second-order valence-corrected chi connectivity index (χ2v) is 7.85. The minimum atomic E-state index is -3.86. The number of aromatic nitrogens is 4. The summed E-state index contributed by atoms with van der Waals surface area (Å²) in [7, 11) is -3.86. The number of nitrogens with zero attached hydrogens (tertiary/aromatic N) is 4. The van der Waals surface area contributed by atoms with Crippen molar-refractivity contribution >= 4 is 15.7 Å². The maximum atomic E-state index is 13.0. The highest BCUT2D eigenvalue weighted by Gasteiger charge is 2.18. The highest BCUT2D eigenvalue weighted by Crippen LogP contribution is 2.36. The molecule has 7 nitrogen and oxygen atoms in total. The van der Waals surface area contributed by atoms with Gasteiger partial charge in [0.15, 0.2) is 0 Å². The van der Waals surface area contributed by atoms with Crippen LogP contribution in [0.15, 0.2) is 29.2 Å². The number of nitrogens with one attached hydrogen (secondary N) is 1. The summed E-state index contributed by atoms with van der Waals surface area (Å²) in [6, 6.07) is 6.75. The molecule has 3 aromatic rings. The second kappa shape index (κ2) is 6.53. The topological polar surface area (TPSA) is 103 Å². The number of H-pyrrole nitrogens is 1. The molecule has 0 saturated heterocycles. The fourth-order valence-electron chi connectivity index (χ4n) is 3.02.